The van der Waals surface area contributed by atoms with Gasteiger partial charge >= 0.3 is 0 Å². The number of hydrogen-bond acceptors (Lipinski definition) is 3. The lowest BCUT2D eigenvalue weighted by Gasteiger charge is -2.17. The molecular weight excluding hydrogens is 233 g/mol. The van der Waals surface area contributed by atoms with Crippen LogP contribution in [-0.2, 0) is 11.3 Å². The van der Waals surface area contributed by atoms with Crippen molar-refractivity contribution < 1.29 is 9.18 Å². The lowest BCUT2D eigenvalue weighted by molar-refractivity contribution is -0.130. The second-order valence-electron chi connectivity index (χ2n) is 4.02. The molecule has 4 nitrogen and oxygen atoms in total. The molecule has 96 valence electrons. The molecule has 0 aliphatic heterocycles. The van der Waals surface area contributed by atoms with E-state index in [1.807, 2.05) is 6.07 Å². The standard InChI is InChI=1S/C13H16FN3O/c1-16-6-5-13(18)17(2)9-11-7-10(8-15)3-4-12(11)14/h3-4,7,16H,5-6,9H2,1-2H3. The van der Waals surface area contributed by atoms with Crippen molar-refractivity contribution in [3.63, 3.8) is 0 Å². The van der Waals surface area contributed by atoms with Gasteiger partial charge in [0.1, 0.15) is 5.82 Å². The zero-order valence-electron chi connectivity index (χ0n) is 10.5. The number of nitriles is 1. The number of amides is 1. The number of carbonyl (C=O) groups excluding carboxylic acids is 1. The molecule has 0 saturated heterocycles. The van der Waals surface area contributed by atoms with E-state index in [1.165, 1.54) is 23.1 Å². The average molecular weight is 249 g/mol. The number of benzene rings is 1. The second kappa shape index (κ2) is 6.72. The summed E-state index contributed by atoms with van der Waals surface area (Å²) in [5.74, 6) is -0.464. The maximum Gasteiger partial charge on any atom is 0.223 e. The van der Waals surface area contributed by atoms with Crippen molar-refractivity contribution in [3.05, 3.63) is 35.1 Å². The number of carbonyl (C=O) groups is 1. The highest BCUT2D eigenvalue weighted by Gasteiger charge is 2.11. The molecule has 0 heterocycles. The third kappa shape index (κ3) is 3.82. The highest BCUT2D eigenvalue weighted by Crippen LogP contribution is 2.12. The van der Waals surface area contributed by atoms with Crippen molar-refractivity contribution in [1.82, 2.24) is 10.2 Å². The van der Waals surface area contributed by atoms with Gasteiger partial charge in [0.05, 0.1) is 11.6 Å². The van der Waals surface area contributed by atoms with Gasteiger partial charge in [-0.05, 0) is 25.2 Å². The lowest BCUT2D eigenvalue weighted by atomic mass is 10.1. The predicted octanol–water partition coefficient (Wildman–Crippen LogP) is 1.27. The van der Waals surface area contributed by atoms with Crippen LogP contribution in [0.25, 0.3) is 0 Å². The summed E-state index contributed by atoms with van der Waals surface area (Å²) in [5, 5.41) is 11.6. The van der Waals surface area contributed by atoms with Crippen LogP contribution in [0, 0.1) is 17.1 Å². The Balaban J connectivity index is 2.72. The number of hydrogen-bond donors (Lipinski definition) is 1. The Labute approximate surface area is 106 Å². The van der Waals surface area contributed by atoms with Gasteiger partial charge in [0.15, 0.2) is 0 Å². The summed E-state index contributed by atoms with van der Waals surface area (Å²) in [4.78, 5) is 13.1. The first-order chi connectivity index (χ1) is 8.58. The van der Waals surface area contributed by atoms with Gasteiger partial charge in [0.2, 0.25) is 5.91 Å². The minimum Gasteiger partial charge on any atom is -0.341 e. The Kier molecular flexibility index (Phi) is 5.28. The van der Waals surface area contributed by atoms with E-state index in [0.29, 0.717) is 24.1 Å². The summed E-state index contributed by atoms with van der Waals surface area (Å²) in [6.45, 7) is 0.758. The van der Waals surface area contributed by atoms with Gasteiger partial charge in [-0.15, -0.1) is 0 Å². The normalized spacial score (nSPS) is 9.89. The van der Waals surface area contributed by atoms with E-state index < -0.39 is 5.82 Å². The van der Waals surface area contributed by atoms with Crippen LogP contribution in [0.1, 0.15) is 17.5 Å². The quantitative estimate of drug-likeness (QED) is 0.854. The Bertz CT molecular complexity index is 468. The van der Waals surface area contributed by atoms with Crippen LogP contribution in [-0.4, -0.2) is 31.4 Å². The molecule has 0 saturated carbocycles. The zero-order valence-corrected chi connectivity index (χ0v) is 10.5. The van der Waals surface area contributed by atoms with Gasteiger partial charge in [-0.25, -0.2) is 4.39 Å². The summed E-state index contributed by atoms with van der Waals surface area (Å²) >= 11 is 0. The first-order valence-corrected chi connectivity index (χ1v) is 5.65. The molecule has 1 amide bonds. The van der Waals surface area contributed by atoms with Crippen LogP contribution in [0.2, 0.25) is 0 Å². The van der Waals surface area contributed by atoms with Gasteiger partial charge in [-0.1, -0.05) is 0 Å². The van der Waals surface area contributed by atoms with Gasteiger partial charge in [0.25, 0.3) is 0 Å². The van der Waals surface area contributed by atoms with Crippen molar-refractivity contribution in [3.8, 4) is 6.07 Å². The second-order valence-corrected chi connectivity index (χ2v) is 4.02. The van der Waals surface area contributed by atoms with Gasteiger partial charge in [0, 0.05) is 32.1 Å². The van der Waals surface area contributed by atoms with Crippen LogP contribution >= 0.6 is 0 Å². The van der Waals surface area contributed by atoms with Crippen molar-refractivity contribution >= 4 is 5.91 Å². The molecule has 0 bridgehead atoms. The summed E-state index contributed by atoms with van der Waals surface area (Å²) in [5.41, 5.74) is 0.747. The first kappa shape index (κ1) is 14.1. The fraction of sp³-hybridized carbons (Fsp3) is 0.385. The first-order valence-electron chi connectivity index (χ1n) is 5.65. The van der Waals surface area contributed by atoms with Crippen molar-refractivity contribution in [2.75, 3.05) is 20.6 Å². The van der Waals surface area contributed by atoms with Crippen LogP contribution in [0.5, 0.6) is 0 Å². The number of rotatable bonds is 5. The Morgan fingerprint density at radius 2 is 2.28 bits per heavy atom. The van der Waals surface area contributed by atoms with E-state index >= 15 is 0 Å². The summed E-state index contributed by atoms with van der Waals surface area (Å²) in [7, 11) is 3.39. The van der Waals surface area contributed by atoms with Crippen LogP contribution < -0.4 is 5.32 Å². The minimum atomic E-state index is -0.401. The smallest absolute Gasteiger partial charge is 0.223 e. The zero-order chi connectivity index (χ0) is 13.5. The maximum absolute atomic E-state index is 13.5. The molecular formula is C13H16FN3O. The van der Waals surface area contributed by atoms with E-state index in [9.17, 15) is 9.18 Å². The van der Waals surface area contributed by atoms with E-state index in [1.54, 1.807) is 14.1 Å². The lowest BCUT2D eigenvalue weighted by Crippen LogP contribution is -2.29. The number of nitrogens with one attached hydrogen (secondary N) is 1. The van der Waals surface area contributed by atoms with E-state index in [2.05, 4.69) is 5.32 Å². The Morgan fingerprint density at radius 1 is 1.56 bits per heavy atom. The van der Waals surface area contributed by atoms with Gasteiger partial charge < -0.3 is 10.2 Å². The van der Waals surface area contributed by atoms with Crippen LogP contribution in [0.3, 0.4) is 0 Å². The fourth-order valence-corrected chi connectivity index (χ4v) is 1.53. The van der Waals surface area contributed by atoms with E-state index in [4.69, 9.17) is 5.26 Å². The van der Waals surface area contributed by atoms with E-state index in [0.717, 1.165) is 0 Å². The van der Waals surface area contributed by atoms with Crippen molar-refractivity contribution in [2.45, 2.75) is 13.0 Å². The van der Waals surface area contributed by atoms with Crippen LogP contribution in [0.4, 0.5) is 4.39 Å². The molecule has 0 atom stereocenters. The highest BCUT2D eigenvalue weighted by atomic mass is 19.1. The van der Waals surface area contributed by atoms with E-state index in [-0.39, 0.29) is 12.5 Å². The largest absolute Gasteiger partial charge is 0.341 e. The summed E-state index contributed by atoms with van der Waals surface area (Å²) in [6.07, 6.45) is 0.368. The molecule has 5 heteroatoms. The maximum atomic E-state index is 13.5. The molecule has 0 aliphatic carbocycles. The third-order valence-electron chi connectivity index (χ3n) is 2.60. The minimum absolute atomic E-state index is 0.0638. The monoisotopic (exact) mass is 249 g/mol. The summed E-state index contributed by atoms with van der Waals surface area (Å²) in [6, 6.07) is 6.09. The Hall–Kier alpha value is -1.93. The van der Waals surface area contributed by atoms with Crippen molar-refractivity contribution in [1.29, 1.82) is 5.26 Å². The molecule has 0 aromatic heterocycles. The van der Waals surface area contributed by atoms with Crippen LogP contribution in [0.15, 0.2) is 18.2 Å². The fourth-order valence-electron chi connectivity index (χ4n) is 1.53. The third-order valence-corrected chi connectivity index (χ3v) is 2.60. The SMILES string of the molecule is CNCCC(=O)N(C)Cc1cc(C#N)ccc1F. The molecule has 0 spiro atoms. The Morgan fingerprint density at radius 3 is 2.89 bits per heavy atom. The molecule has 0 unspecified atom stereocenters. The molecule has 1 rings (SSSR count). The molecule has 0 radical (unpaired) electrons. The molecule has 0 fully saturated rings. The molecule has 1 aromatic rings. The molecule has 18 heavy (non-hydrogen) atoms. The van der Waals surface area contributed by atoms with Gasteiger partial charge in [-0.3, -0.25) is 4.79 Å². The van der Waals surface area contributed by atoms with Crippen molar-refractivity contribution in [2.24, 2.45) is 0 Å². The molecule has 1 N–H and O–H groups in total. The molecule has 0 aliphatic rings. The average Bonchev–Trinajstić information content (AvgIpc) is 2.38. The number of halogens is 1. The topological polar surface area (TPSA) is 56.1 Å². The van der Waals surface area contributed by atoms with Gasteiger partial charge in [-0.2, -0.15) is 5.26 Å². The predicted molar refractivity (Wildman–Crippen MR) is 66.1 cm³/mol. The number of nitrogens with zero attached hydrogens (tertiary/aromatic N) is 2. The summed E-state index contributed by atoms with van der Waals surface area (Å²) < 4.78 is 13.5. The highest BCUT2D eigenvalue weighted by molar-refractivity contribution is 5.76. The molecule has 1 aromatic carbocycles.